The van der Waals surface area contributed by atoms with E-state index in [1.54, 1.807) is 12.1 Å². The number of benzene rings is 1. The van der Waals surface area contributed by atoms with E-state index in [9.17, 15) is 4.39 Å². The van der Waals surface area contributed by atoms with Gasteiger partial charge in [-0.2, -0.15) is 0 Å². The Hall–Kier alpha value is -1.09. The van der Waals surface area contributed by atoms with Crippen molar-refractivity contribution in [2.24, 2.45) is 0 Å². The summed E-state index contributed by atoms with van der Waals surface area (Å²) < 4.78 is 18.5. The van der Waals surface area contributed by atoms with Gasteiger partial charge in [0.15, 0.2) is 0 Å². The normalized spacial score (nSPS) is 14.5. The molecule has 0 heterocycles. The molecule has 1 aromatic rings. The van der Waals surface area contributed by atoms with Gasteiger partial charge in [-0.05, 0) is 38.9 Å². The zero-order chi connectivity index (χ0) is 12.0. The summed E-state index contributed by atoms with van der Waals surface area (Å²) in [4.78, 5) is 0. The predicted octanol–water partition coefficient (Wildman–Crippen LogP) is 2.98. The van der Waals surface area contributed by atoms with Crippen molar-refractivity contribution < 1.29 is 9.13 Å². The van der Waals surface area contributed by atoms with Gasteiger partial charge < -0.3 is 10.1 Å². The summed E-state index contributed by atoms with van der Waals surface area (Å²) in [5.41, 5.74) is 0. The maximum Gasteiger partial charge on any atom is 0.126 e. The Labute approximate surface area is 96.8 Å². The molecule has 1 N–H and O–H groups in total. The molecule has 0 aliphatic carbocycles. The molecular formula is C13H20FNO. The second-order valence-corrected chi connectivity index (χ2v) is 4.08. The van der Waals surface area contributed by atoms with E-state index in [0.29, 0.717) is 11.8 Å². The quantitative estimate of drug-likeness (QED) is 0.803. The van der Waals surface area contributed by atoms with Gasteiger partial charge in [0.25, 0.3) is 0 Å². The van der Waals surface area contributed by atoms with Crippen LogP contribution >= 0.6 is 0 Å². The maximum absolute atomic E-state index is 12.9. The third-order valence-corrected chi connectivity index (χ3v) is 2.37. The zero-order valence-corrected chi connectivity index (χ0v) is 10.2. The Morgan fingerprint density at radius 1 is 1.38 bits per heavy atom. The second-order valence-electron chi connectivity index (χ2n) is 4.08. The first-order valence-electron chi connectivity index (χ1n) is 5.77. The van der Waals surface area contributed by atoms with E-state index in [0.717, 1.165) is 13.0 Å². The maximum atomic E-state index is 12.9. The molecule has 0 fully saturated rings. The highest BCUT2D eigenvalue weighted by Gasteiger charge is 2.09. The lowest BCUT2D eigenvalue weighted by atomic mass is 10.1. The minimum absolute atomic E-state index is 0.0795. The Bertz CT molecular complexity index is 317. The summed E-state index contributed by atoms with van der Waals surface area (Å²) >= 11 is 0. The first kappa shape index (κ1) is 13.0. The van der Waals surface area contributed by atoms with Gasteiger partial charge in [0, 0.05) is 12.1 Å². The molecule has 0 spiro atoms. The van der Waals surface area contributed by atoms with Gasteiger partial charge >= 0.3 is 0 Å². The van der Waals surface area contributed by atoms with E-state index in [1.807, 2.05) is 6.92 Å². The highest BCUT2D eigenvalue weighted by Crippen LogP contribution is 2.15. The SMILES string of the molecule is CCNC(C)CC(C)Oc1cccc(F)c1. The first-order valence-corrected chi connectivity index (χ1v) is 5.77. The molecule has 1 aromatic carbocycles. The van der Waals surface area contributed by atoms with Gasteiger partial charge in [-0.3, -0.25) is 0 Å². The van der Waals surface area contributed by atoms with Crippen LogP contribution in [0.5, 0.6) is 5.75 Å². The number of rotatable bonds is 6. The molecular weight excluding hydrogens is 205 g/mol. The summed E-state index contributed by atoms with van der Waals surface area (Å²) in [7, 11) is 0. The Morgan fingerprint density at radius 3 is 2.75 bits per heavy atom. The van der Waals surface area contributed by atoms with Crippen LogP contribution in [-0.2, 0) is 0 Å². The van der Waals surface area contributed by atoms with Crippen LogP contribution in [0.1, 0.15) is 27.2 Å². The molecule has 0 aromatic heterocycles. The molecule has 90 valence electrons. The molecule has 2 unspecified atom stereocenters. The van der Waals surface area contributed by atoms with E-state index in [2.05, 4.69) is 19.2 Å². The van der Waals surface area contributed by atoms with E-state index < -0.39 is 0 Å². The van der Waals surface area contributed by atoms with E-state index in [1.165, 1.54) is 12.1 Å². The zero-order valence-electron chi connectivity index (χ0n) is 10.2. The lowest BCUT2D eigenvalue weighted by Gasteiger charge is -2.19. The lowest BCUT2D eigenvalue weighted by Crippen LogP contribution is -2.30. The van der Waals surface area contributed by atoms with Crippen LogP contribution in [-0.4, -0.2) is 18.7 Å². The Kier molecular flexibility index (Phi) is 5.26. The fourth-order valence-corrected chi connectivity index (χ4v) is 1.75. The van der Waals surface area contributed by atoms with Gasteiger partial charge in [-0.1, -0.05) is 13.0 Å². The van der Waals surface area contributed by atoms with Crippen molar-refractivity contribution in [1.82, 2.24) is 5.32 Å². The minimum Gasteiger partial charge on any atom is -0.491 e. The van der Waals surface area contributed by atoms with E-state index >= 15 is 0 Å². The van der Waals surface area contributed by atoms with Crippen molar-refractivity contribution in [3.63, 3.8) is 0 Å². The van der Waals surface area contributed by atoms with Crippen molar-refractivity contribution >= 4 is 0 Å². The monoisotopic (exact) mass is 225 g/mol. The summed E-state index contributed by atoms with van der Waals surface area (Å²) in [6.45, 7) is 7.15. The summed E-state index contributed by atoms with van der Waals surface area (Å²) in [6, 6.07) is 6.67. The van der Waals surface area contributed by atoms with Crippen LogP contribution in [0.4, 0.5) is 4.39 Å². The standard InChI is InChI=1S/C13H20FNO/c1-4-15-10(2)8-11(3)16-13-7-5-6-12(14)9-13/h5-7,9-11,15H,4,8H2,1-3H3. The molecule has 0 bridgehead atoms. The highest BCUT2D eigenvalue weighted by atomic mass is 19.1. The smallest absolute Gasteiger partial charge is 0.126 e. The van der Waals surface area contributed by atoms with Crippen molar-refractivity contribution in [3.05, 3.63) is 30.1 Å². The summed E-state index contributed by atoms with van der Waals surface area (Å²) in [5.74, 6) is 0.334. The molecule has 1 rings (SSSR count). The minimum atomic E-state index is -0.260. The highest BCUT2D eigenvalue weighted by molar-refractivity contribution is 5.22. The first-order chi connectivity index (χ1) is 7.61. The van der Waals surface area contributed by atoms with Crippen LogP contribution in [0.25, 0.3) is 0 Å². The van der Waals surface area contributed by atoms with Crippen molar-refractivity contribution in [1.29, 1.82) is 0 Å². The molecule has 0 saturated carbocycles. The fourth-order valence-electron chi connectivity index (χ4n) is 1.75. The predicted molar refractivity (Wildman–Crippen MR) is 64.2 cm³/mol. The van der Waals surface area contributed by atoms with Gasteiger partial charge in [0.1, 0.15) is 11.6 Å². The Balaban J connectivity index is 2.42. The molecule has 2 atom stereocenters. The number of hydrogen-bond acceptors (Lipinski definition) is 2. The summed E-state index contributed by atoms with van der Waals surface area (Å²) in [6.07, 6.45) is 0.987. The average Bonchev–Trinajstić information content (AvgIpc) is 2.17. The van der Waals surface area contributed by atoms with Crippen molar-refractivity contribution in [2.45, 2.75) is 39.3 Å². The van der Waals surface area contributed by atoms with E-state index in [-0.39, 0.29) is 11.9 Å². The van der Waals surface area contributed by atoms with Gasteiger partial charge in [-0.15, -0.1) is 0 Å². The number of hydrogen-bond donors (Lipinski definition) is 1. The molecule has 0 radical (unpaired) electrons. The Morgan fingerprint density at radius 2 is 2.12 bits per heavy atom. The third kappa shape index (κ3) is 4.62. The lowest BCUT2D eigenvalue weighted by molar-refractivity contribution is 0.195. The van der Waals surface area contributed by atoms with Crippen LogP contribution in [0.15, 0.2) is 24.3 Å². The van der Waals surface area contributed by atoms with Gasteiger partial charge in [0.05, 0.1) is 6.10 Å². The number of halogens is 1. The van der Waals surface area contributed by atoms with Crippen LogP contribution < -0.4 is 10.1 Å². The summed E-state index contributed by atoms with van der Waals surface area (Å²) in [5, 5.41) is 3.32. The molecule has 0 saturated heterocycles. The van der Waals surface area contributed by atoms with Crippen LogP contribution in [0.3, 0.4) is 0 Å². The van der Waals surface area contributed by atoms with Gasteiger partial charge in [-0.25, -0.2) is 4.39 Å². The largest absolute Gasteiger partial charge is 0.491 e. The third-order valence-electron chi connectivity index (χ3n) is 2.37. The van der Waals surface area contributed by atoms with Crippen LogP contribution in [0.2, 0.25) is 0 Å². The number of nitrogens with one attached hydrogen (secondary N) is 1. The van der Waals surface area contributed by atoms with Crippen molar-refractivity contribution in [2.75, 3.05) is 6.54 Å². The molecule has 2 nitrogen and oxygen atoms in total. The number of ether oxygens (including phenoxy) is 1. The van der Waals surface area contributed by atoms with Crippen molar-refractivity contribution in [3.8, 4) is 5.75 Å². The van der Waals surface area contributed by atoms with Crippen LogP contribution in [0, 0.1) is 5.82 Å². The molecule has 0 aliphatic rings. The fraction of sp³-hybridized carbons (Fsp3) is 0.538. The molecule has 0 amide bonds. The average molecular weight is 225 g/mol. The molecule has 0 aliphatic heterocycles. The van der Waals surface area contributed by atoms with E-state index in [4.69, 9.17) is 4.74 Å². The molecule has 16 heavy (non-hydrogen) atoms. The molecule has 3 heteroatoms. The van der Waals surface area contributed by atoms with Gasteiger partial charge in [0.2, 0.25) is 0 Å². The second kappa shape index (κ2) is 6.48. The topological polar surface area (TPSA) is 21.3 Å².